The van der Waals surface area contributed by atoms with Gasteiger partial charge in [-0.2, -0.15) is 5.10 Å². The molecule has 0 fully saturated rings. The van der Waals surface area contributed by atoms with Crippen LogP contribution in [0.1, 0.15) is 5.69 Å². The molecule has 2 rings (SSSR count). The molecule has 0 saturated carbocycles. The van der Waals surface area contributed by atoms with Gasteiger partial charge in [0.25, 0.3) is 0 Å². The first-order valence-corrected chi connectivity index (χ1v) is 5.50. The van der Waals surface area contributed by atoms with Gasteiger partial charge in [-0.3, -0.25) is 0 Å². The summed E-state index contributed by atoms with van der Waals surface area (Å²) < 4.78 is 11.2. The van der Waals surface area contributed by atoms with Gasteiger partial charge in [0.1, 0.15) is 16.5 Å². The minimum absolute atomic E-state index is 0.713. The standard InChI is InChI=1S/C6H4N2OS2/c9-11-6-1-3-7-8-5(6)2-4-10-11/h1-4H. The molecule has 0 spiro atoms. The normalized spacial score (nSPS) is 21.4. The number of hydrogen-bond acceptors (Lipinski definition) is 4. The number of aromatic nitrogens is 2. The molecule has 1 aliphatic heterocycles. The Morgan fingerprint density at radius 3 is 3.27 bits per heavy atom. The molecule has 56 valence electrons. The molecule has 0 radical (unpaired) electrons. The van der Waals surface area contributed by atoms with E-state index in [1.54, 1.807) is 17.7 Å². The van der Waals surface area contributed by atoms with Crippen LogP contribution in [0.15, 0.2) is 22.6 Å². The molecule has 1 aliphatic rings. The summed E-state index contributed by atoms with van der Waals surface area (Å²) in [6, 6.07) is 1.73. The molecule has 11 heavy (non-hydrogen) atoms. The van der Waals surface area contributed by atoms with Gasteiger partial charge in [0.2, 0.25) is 0 Å². The first-order valence-electron chi connectivity index (χ1n) is 2.95. The Morgan fingerprint density at radius 1 is 1.55 bits per heavy atom. The molecule has 5 heteroatoms. The third kappa shape index (κ3) is 1.26. The highest BCUT2D eigenvalue weighted by atomic mass is 33.1. The van der Waals surface area contributed by atoms with E-state index in [2.05, 4.69) is 10.2 Å². The molecule has 0 aromatic carbocycles. The second kappa shape index (κ2) is 2.84. The van der Waals surface area contributed by atoms with Crippen molar-refractivity contribution >= 4 is 27.1 Å². The van der Waals surface area contributed by atoms with Crippen molar-refractivity contribution in [2.45, 2.75) is 4.90 Å². The van der Waals surface area contributed by atoms with Crippen LogP contribution in [-0.2, 0) is 10.2 Å². The maximum Gasteiger partial charge on any atom is 0.195 e. The highest BCUT2D eigenvalue weighted by molar-refractivity contribution is 8.73. The van der Waals surface area contributed by atoms with E-state index in [9.17, 15) is 4.55 Å². The molecule has 1 aromatic rings. The SMILES string of the molecule is [O-][S+]1SC=Cc2nnccc21. The van der Waals surface area contributed by atoms with Gasteiger partial charge < -0.3 is 4.55 Å². The minimum Gasteiger partial charge on any atom is -0.600 e. The minimum atomic E-state index is -0.988. The van der Waals surface area contributed by atoms with Crippen molar-refractivity contribution in [2.24, 2.45) is 0 Å². The van der Waals surface area contributed by atoms with Gasteiger partial charge in [-0.1, -0.05) is 0 Å². The van der Waals surface area contributed by atoms with E-state index in [1.165, 1.54) is 10.8 Å². The first kappa shape index (κ1) is 7.15. The van der Waals surface area contributed by atoms with Crippen LogP contribution in [0.2, 0.25) is 0 Å². The Hall–Kier alpha value is -0.520. The summed E-state index contributed by atoms with van der Waals surface area (Å²) >= 11 is 0. The van der Waals surface area contributed by atoms with E-state index < -0.39 is 10.2 Å². The fraction of sp³-hybridized carbons (Fsp3) is 0. The Bertz CT molecular complexity index is 302. The zero-order valence-corrected chi connectivity index (χ0v) is 7.06. The average molecular weight is 184 g/mol. The van der Waals surface area contributed by atoms with Crippen LogP contribution in [-0.4, -0.2) is 14.8 Å². The lowest BCUT2D eigenvalue weighted by molar-refractivity contribution is 0.608. The summed E-state index contributed by atoms with van der Waals surface area (Å²) in [5.41, 5.74) is 0.713. The molecule has 0 bridgehead atoms. The largest absolute Gasteiger partial charge is 0.600 e. The molecule has 0 N–H and O–H groups in total. The number of fused-ring (bicyclic) bond motifs is 1. The van der Waals surface area contributed by atoms with E-state index >= 15 is 0 Å². The molecule has 3 nitrogen and oxygen atoms in total. The number of rotatable bonds is 0. The monoisotopic (exact) mass is 184 g/mol. The average Bonchev–Trinajstić information content (AvgIpc) is 2.06. The fourth-order valence-corrected chi connectivity index (χ4v) is 2.83. The summed E-state index contributed by atoms with van der Waals surface area (Å²) in [6.45, 7) is 0. The Kier molecular flexibility index (Phi) is 1.85. The fourth-order valence-electron chi connectivity index (χ4n) is 0.782. The van der Waals surface area contributed by atoms with Crippen LogP contribution < -0.4 is 0 Å². The van der Waals surface area contributed by atoms with Gasteiger partial charge in [-0.15, -0.1) is 5.10 Å². The van der Waals surface area contributed by atoms with E-state index in [0.717, 1.165) is 4.90 Å². The Labute approximate surface area is 70.5 Å². The summed E-state index contributed by atoms with van der Waals surface area (Å²) in [5, 5.41) is 9.28. The lowest BCUT2D eigenvalue weighted by atomic mass is 10.4. The van der Waals surface area contributed by atoms with Crippen LogP contribution in [0.3, 0.4) is 0 Å². The molecular weight excluding hydrogens is 180 g/mol. The van der Waals surface area contributed by atoms with Gasteiger partial charge >= 0.3 is 0 Å². The van der Waals surface area contributed by atoms with E-state index in [4.69, 9.17) is 0 Å². The van der Waals surface area contributed by atoms with E-state index in [1.807, 2.05) is 6.08 Å². The number of nitrogens with zero attached hydrogens (tertiary/aromatic N) is 2. The number of hydrogen-bond donors (Lipinski definition) is 0. The molecule has 1 atom stereocenters. The maximum atomic E-state index is 11.2. The molecule has 2 heterocycles. The highest BCUT2D eigenvalue weighted by Gasteiger charge is 2.20. The van der Waals surface area contributed by atoms with E-state index in [-0.39, 0.29) is 0 Å². The van der Waals surface area contributed by atoms with Crippen LogP contribution >= 0.6 is 10.8 Å². The molecular formula is C6H4N2OS2. The topological polar surface area (TPSA) is 48.8 Å². The summed E-state index contributed by atoms with van der Waals surface area (Å²) in [6.07, 6.45) is 3.37. The van der Waals surface area contributed by atoms with Crippen molar-refractivity contribution in [1.29, 1.82) is 0 Å². The Morgan fingerprint density at radius 2 is 2.45 bits per heavy atom. The van der Waals surface area contributed by atoms with Crippen molar-refractivity contribution in [3.8, 4) is 0 Å². The van der Waals surface area contributed by atoms with E-state index in [0.29, 0.717) is 5.69 Å². The highest BCUT2D eigenvalue weighted by Crippen LogP contribution is 2.31. The molecule has 0 aliphatic carbocycles. The van der Waals surface area contributed by atoms with Crippen LogP contribution in [0.5, 0.6) is 0 Å². The lowest BCUT2D eigenvalue weighted by Crippen LogP contribution is -2.02. The van der Waals surface area contributed by atoms with Crippen molar-refractivity contribution in [2.75, 3.05) is 0 Å². The van der Waals surface area contributed by atoms with Crippen molar-refractivity contribution in [3.05, 3.63) is 23.4 Å². The van der Waals surface area contributed by atoms with Crippen LogP contribution in [0.25, 0.3) is 6.08 Å². The van der Waals surface area contributed by atoms with Gasteiger partial charge in [0, 0.05) is 11.5 Å². The quantitative estimate of drug-likeness (QED) is 0.449. The van der Waals surface area contributed by atoms with Crippen LogP contribution in [0.4, 0.5) is 0 Å². The summed E-state index contributed by atoms with van der Waals surface area (Å²) in [4.78, 5) is 0.757. The smallest absolute Gasteiger partial charge is 0.195 e. The van der Waals surface area contributed by atoms with Gasteiger partial charge in [0.05, 0.1) is 16.4 Å². The third-order valence-electron chi connectivity index (χ3n) is 1.26. The van der Waals surface area contributed by atoms with Crippen molar-refractivity contribution < 1.29 is 4.55 Å². The molecule has 1 unspecified atom stereocenters. The Balaban J connectivity index is 2.54. The predicted octanol–water partition coefficient (Wildman–Crippen LogP) is 1.22. The molecule has 0 saturated heterocycles. The molecule has 0 amide bonds. The first-order chi connectivity index (χ1) is 5.38. The maximum absolute atomic E-state index is 11.2. The third-order valence-corrected chi connectivity index (χ3v) is 3.78. The summed E-state index contributed by atoms with van der Waals surface area (Å²) in [7, 11) is 0.297. The second-order valence-corrected chi connectivity index (χ2v) is 4.77. The summed E-state index contributed by atoms with van der Waals surface area (Å²) in [5.74, 6) is 0. The van der Waals surface area contributed by atoms with Crippen molar-refractivity contribution in [1.82, 2.24) is 10.2 Å². The predicted molar refractivity (Wildman–Crippen MR) is 45.1 cm³/mol. The van der Waals surface area contributed by atoms with Crippen LogP contribution in [0, 0.1) is 0 Å². The lowest BCUT2D eigenvalue weighted by Gasteiger charge is -2.09. The molecule has 1 aromatic heterocycles. The second-order valence-electron chi connectivity index (χ2n) is 1.91. The zero-order chi connectivity index (χ0) is 7.68. The van der Waals surface area contributed by atoms with Gasteiger partial charge in [-0.25, -0.2) is 0 Å². The van der Waals surface area contributed by atoms with Gasteiger partial charge in [-0.05, 0) is 6.08 Å². The zero-order valence-electron chi connectivity index (χ0n) is 5.43. The van der Waals surface area contributed by atoms with Crippen molar-refractivity contribution in [3.63, 3.8) is 0 Å². The van der Waals surface area contributed by atoms with Gasteiger partial charge in [0.15, 0.2) is 4.90 Å².